The summed E-state index contributed by atoms with van der Waals surface area (Å²) in [7, 11) is 0. The highest BCUT2D eigenvalue weighted by molar-refractivity contribution is 5.89. The second-order valence-electron chi connectivity index (χ2n) is 10.8. The van der Waals surface area contributed by atoms with Gasteiger partial charge in [-0.3, -0.25) is 9.59 Å². The molecule has 186 valence electrons. The zero-order valence-electron chi connectivity index (χ0n) is 18.7. The largest absolute Gasteiger partial charge is 0.406 e. The van der Waals surface area contributed by atoms with Gasteiger partial charge in [0.15, 0.2) is 0 Å². The van der Waals surface area contributed by atoms with Gasteiger partial charge in [-0.25, -0.2) is 0 Å². The Morgan fingerprint density at radius 2 is 1.64 bits per heavy atom. The van der Waals surface area contributed by atoms with Crippen LogP contribution in [0.25, 0.3) is 0 Å². The van der Waals surface area contributed by atoms with Crippen LogP contribution in [0.1, 0.15) is 52.4 Å². The van der Waals surface area contributed by atoms with Crippen LogP contribution in [0.5, 0.6) is 0 Å². The molecule has 0 bridgehead atoms. The van der Waals surface area contributed by atoms with Crippen molar-refractivity contribution in [3.8, 4) is 0 Å². The summed E-state index contributed by atoms with van der Waals surface area (Å²) in [6, 6.07) is 0.0218. The van der Waals surface area contributed by atoms with Crippen molar-refractivity contribution < 1.29 is 35.9 Å². The highest BCUT2D eigenvalue weighted by Crippen LogP contribution is 2.65. The van der Waals surface area contributed by atoms with E-state index in [4.69, 9.17) is 0 Å². The van der Waals surface area contributed by atoms with Crippen molar-refractivity contribution in [1.82, 2.24) is 10.2 Å². The zero-order chi connectivity index (χ0) is 24.4. The van der Waals surface area contributed by atoms with Crippen LogP contribution in [0, 0.1) is 34.5 Å². The number of rotatable bonds is 3. The minimum absolute atomic E-state index is 0.0218. The summed E-state index contributed by atoms with van der Waals surface area (Å²) >= 11 is 0. The Bertz CT molecular complexity index is 824. The maximum atomic E-state index is 13.1. The number of alkyl halides is 6. The van der Waals surface area contributed by atoms with E-state index < -0.39 is 42.7 Å². The van der Waals surface area contributed by atoms with E-state index >= 15 is 0 Å². The highest BCUT2D eigenvalue weighted by atomic mass is 19.4. The van der Waals surface area contributed by atoms with E-state index in [-0.39, 0.29) is 40.0 Å². The van der Waals surface area contributed by atoms with E-state index in [1.807, 2.05) is 13.0 Å². The van der Waals surface area contributed by atoms with Gasteiger partial charge in [0, 0.05) is 17.4 Å². The number of hydrogen-bond acceptors (Lipinski definition) is 2. The Hall–Kier alpha value is -1.74. The molecule has 0 aromatic carbocycles. The SMILES string of the molecule is C[C@]12C=CC(=O)N[C@@H]1CC[C@@H]1[C@@H]2CC[C@]2(C)[C@@H](C(=O)N(CC(F)(F)F)CC(F)(F)F)CC[C@@H]12. The summed E-state index contributed by atoms with van der Waals surface area (Å²) in [4.78, 5) is 24.9. The Morgan fingerprint density at radius 3 is 2.24 bits per heavy atom. The minimum Gasteiger partial charge on any atom is -0.349 e. The minimum atomic E-state index is -4.90. The van der Waals surface area contributed by atoms with Gasteiger partial charge in [0.1, 0.15) is 13.1 Å². The molecule has 4 rings (SSSR count). The number of nitrogens with zero attached hydrogens (tertiary/aromatic N) is 1. The van der Waals surface area contributed by atoms with E-state index in [1.54, 1.807) is 6.08 Å². The second kappa shape index (κ2) is 7.90. The van der Waals surface area contributed by atoms with Crippen LogP contribution in [-0.4, -0.2) is 48.2 Å². The number of fused-ring (bicyclic) bond motifs is 5. The maximum absolute atomic E-state index is 13.1. The summed E-state index contributed by atoms with van der Waals surface area (Å²) in [5.41, 5.74) is -0.864. The summed E-state index contributed by atoms with van der Waals surface area (Å²) in [6.45, 7) is 0.229. The van der Waals surface area contributed by atoms with Crippen molar-refractivity contribution in [3.63, 3.8) is 0 Å². The van der Waals surface area contributed by atoms with E-state index in [0.717, 1.165) is 19.3 Å². The molecule has 0 unspecified atom stereocenters. The van der Waals surface area contributed by atoms with Gasteiger partial charge in [0.05, 0.1) is 0 Å². The lowest BCUT2D eigenvalue weighted by molar-refractivity contribution is -0.192. The standard InChI is InChI=1S/C23H30F6N2O2/c1-20-9-7-15-13(3-6-17-21(15,2)10-8-18(32)30-17)14(20)4-5-16(20)19(33)31(11-22(24,25)26)12-23(27,28)29/h8,10,13-17H,3-7,9,11-12H2,1-2H3,(H,30,32)/t13-,14-,15-,16+,17+,20-,21+/m0/s1. The average Bonchev–Trinajstić information content (AvgIpc) is 3.02. The third-order valence-electron chi connectivity index (χ3n) is 9.04. The molecule has 3 fully saturated rings. The Balaban J connectivity index is 1.57. The average molecular weight is 480 g/mol. The molecule has 0 radical (unpaired) electrons. The first kappa shape index (κ1) is 24.4. The number of nitrogens with one attached hydrogen (secondary N) is 1. The highest BCUT2D eigenvalue weighted by Gasteiger charge is 2.61. The first-order valence-electron chi connectivity index (χ1n) is 11.6. The predicted molar refractivity (Wildman–Crippen MR) is 108 cm³/mol. The third-order valence-corrected chi connectivity index (χ3v) is 9.04. The number of amides is 2. The lowest BCUT2D eigenvalue weighted by Gasteiger charge is -2.58. The molecule has 2 amide bonds. The molecule has 0 saturated heterocycles. The number of halogens is 6. The van der Waals surface area contributed by atoms with Gasteiger partial charge in [0.25, 0.3) is 0 Å². The first-order valence-corrected chi connectivity index (χ1v) is 11.6. The Kier molecular flexibility index (Phi) is 5.84. The van der Waals surface area contributed by atoms with Crippen molar-refractivity contribution >= 4 is 11.8 Å². The topological polar surface area (TPSA) is 49.4 Å². The van der Waals surface area contributed by atoms with E-state index in [9.17, 15) is 35.9 Å². The number of carbonyl (C=O) groups is 2. The lowest BCUT2D eigenvalue weighted by Crippen LogP contribution is -2.59. The molecule has 10 heteroatoms. The maximum Gasteiger partial charge on any atom is 0.406 e. The van der Waals surface area contributed by atoms with Crippen molar-refractivity contribution in [1.29, 1.82) is 0 Å². The van der Waals surface area contributed by atoms with E-state index in [2.05, 4.69) is 12.2 Å². The van der Waals surface area contributed by atoms with Crippen LogP contribution in [0.2, 0.25) is 0 Å². The van der Waals surface area contributed by atoms with Crippen molar-refractivity contribution in [3.05, 3.63) is 12.2 Å². The van der Waals surface area contributed by atoms with Gasteiger partial charge in [0.2, 0.25) is 11.8 Å². The molecule has 4 nitrogen and oxygen atoms in total. The molecule has 3 saturated carbocycles. The van der Waals surface area contributed by atoms with E-state index in [0.29, 0.717) is 19.3 Å². The molecule has 7 atom stereocenters. The van der Waals surface area contributed by atoms with Crippen molar-refractivity contribution in [2.45, 2.75) is 70.8 Å². The van der Waals surface area contributed by atoms with Crippen LogP contribution in [-0.2, 0) is 9.59 Å². The number of carbonyl (C=O) groups excluding carboxylic acids is 2. The monoisotopic (exact) mass is 480 g/mol. The molecule has 0 aromatic rings. The Labute approximate surface area is 189 Å². The predicted octanol–water partition coefficient (Wildman–Crippen LogP) is 4.85. The van der Waals surface area contributed by atoms with Gasteiger partial charge in [-0.15, -0.1) is 0 Å². The van der Waals surface area contributed by atoms with Gasteiger partial charge < -0.3 is 10.2 Å². The molecule has 0 spiro atoms. The van der Waals surface area contributed by atoms with Gasteiger partial charge >= 0.3 is 12.4 Å². The molecule has 1 N–H and O–H groups in total. The van der Waals surface area contributed by atoms with Gasteiger partial charge in [-0.2, -0.15) is 26.3 Å². The molecular weight excluding hydrogens is 450 g/mol. The molecule has 1 aliphatic heterocycles. The molecule has 0 aromatic heterocycles. The summed E-state index contributed by atoms with van der Waals surface area (Å²) in [5.74, 6) is -1.45. The van der Waals surface area contributed by atoms with Crippen LogP contribution in [0.3, 0.4) is 0 Å². The van der Waals surface area contributed by atoms with Crippen LogP contribution >= 0.6 is 0 Å². The molecule has 4 aliphatic rings. The van der Waals surface area contributed by atoms with Gasteiger partial charge in [-0.1, -0.05) is 19.9 Å². The first-order chi connectivity index (χ1) is 15.1. The summed E-state index contributed by atoms with van der Waals surface area (Å²) in [5, 5.41) is 3.05. The smallest absolute Gasteiger partial charge is 0.349 e. The molecule has 1 heterocycles. The summed E-state index contributed by atoms with van der Waals surface area (Å²) < 4.78 is 78.0. The molecular formula is C23H30F6N2O2. The molecule has 33 heavy (non-hydrogen) atoms. The Morgan fingerprint density at radius 1 is 1.00 bits per heavy atom. The van der Waals surface area contributed by atoms with Crippen LogP contribution < -0.4 is 5.32 Å². The fourth-order valence-corrected chi connectivity index (χ4v) is 7.60. The zero-order valence-corrected chi connectivity index (χ0v) is 18.7. The quantitative estimate of drug-likeness (QED) is 0.587. The van der Waals surface area contributed by atoms with Crippen LogP contribution in [0.4, 0.5) is 26.3 Å². The third kappa shape index (κ3) is 4.38. The van der Waals surface area contributed by atoms with E-state index in [1.165, 1.54) is 0 Å². The lowest BCUT2D eigenvalue weighted by atomic mass is 9.48. The van der Waals surface area contributed by atoms with Crippen LogP contribution in [0.15, 0.2) is 12.2 Å². The fraction of sp³-hybridized carbons (Fsp3) is 0.826. The second-order valence-corrected chi connectivity index (χ2v) is 10.8. The fourth-order valence-electron chi connectivity index (χ4n) is 7.60. The summed E-state index contributed by atoms with van der Waals surface area (Å²) in [6.07, 6.45) is -2.44. The van der Waals surface area contributed by atoms with Gasteiger partial charge in [-0.05, 0) is 67.8 Å². The molecule has 3 aliphatic carbocycles. The van der Waals surface area contributed by atoms with Crippen molar-refractivity contribution in [2.24, 2.45) is 34.5 Å². The normalized spacial score (nSPS) is 40.5. The van der Waals surface area contributed by atoms with Crippen molar-refractivity contribution in [2.75, 3.05) is 13.1 Å². The number of hydrogen-bond donors (Lipinski definition) is 1.